The fourth-order valence-corrected chi connectivity index (χ4v) is 2.96. The molecule has 2 aromatic rings. The van der Waals surface area contributed by atoms with E-state index >= 15 is 0 Å². The lowest BCUT2D eigenvalue weighted by molar-refractivity contribution is -0.145. The van der Waals surface area contributed by atoms with Crippen molar-refractivity contribution in [1.29, 1.82) is 0 Å². The fourth-order valence-electron chi connectivity index (χ4n) is 2.96. The maximum Gasteiger partial charge on any atom is 0.328 e. The fraction of sp³-hybridized carbons (Fsp3) is 0.400. The van der Waals surface area contributed by atoms with Crippen molar-refractivity contribution in [2.45, 2.75) is 40.2 Å². The van der Waals surface area contributed by atoms with Crippen molar-refractivity contribution in [2.24, 2.45) is 5.92 Å². The van der Waals surface area contributed by atoms with Crippen molar-refractivity contribution in [3.05, 3.63) is 47.3 Å². The second kappa shape index (κ2) is 8.62. The summed E-state index contributed by atoms with van der Waals surface area (Å²) >= 11 is 0. The normalized spacial score (nSPS) is 11.9. The summed E-state index contributed by atoms with van der Waals surface area (Å²) in [6.07, 6.45) is 0.382. The Morgan fingerprint density at radius 3 is 2.33 bits per heavy atom. The van der Waals surface area contributed by atoms with Crippen molar-refractivity contribution in [3.8, 4) is 5.69 Å². The number of benzene rings is 1. The Morgan fingerprint density at radius 1 is 1.15 bits per heavy atom. The van der Waals surface area contributed by atoms with E-state index in [4.69, 9.17) is 4.74 Å². The smallest absolute Gasteiger partial charge is 0.328 e. The number of hydrogen-bond donors (Lipinski definition) is 1. The molecule has 0 radical (unpaired) electrons. The second-order valence-corrected chi connectivity index (χ2v) is 6.80. The maximum absolute atomic E-state index is 12.7. The lowest BCUT2D eigenvalue weighted by Gasteiger charge is -2.17. The van der Waals surface area contributed by atoms with E-state index in [2.05, 4.69) is 10.4 Å². The zero-order valence-corrected chi connectivity index (χ0v) is 16.3. The quantitative estimate of drug-likeness (QED) is 0.458. The van der Waals surface area contributed by atoms with Crippen LogP contribution in [0.5, 0.6) is 0 Å². The Balaban J connectivity index is 2.28. The van der Waals surface area contributed by atoms with Crippen molar-refractivity contribution in [2.75, 3.05) is 7.11 Å². The molecule has 0 bridgehead atoms. The van der Waals surface area contributed by atoms with Gasteiger partial charge in [0.1, 0.15) is 6.04 Å². The van der Waals surface area contributed by atoms with E-state index in [9.17, 15) is 14.4 Å². The lowest BCUT2D eigenvalue weighted by atomic mass is 10.0. The Kier molecular flexibility index (Phi) is 6.50. The van der Waals surface area contributed by atoms with Gasteiger partial charge in [0.05, 0.1) is 29.7 Å². The highest BCUT2D eigenvalue weighted by Crippen LogP contribution is 2.18. The molecule has 1 N–H and O–H groups in total. The molecular weight excluding hydrogens is 346 g/mol. The van der Waals surface area contributed by atoms with Crippen molar-refractivity contribution < 1.29 is 19.1 Å². The van der Waals surface area contributed by atoms with Gasteiger partial charge >= 0.3 is 5.97 Å². The average Bonchev–Trinajstić information content (AvgIpc) is 2.94. The van der Waals surface area contributed by atoms with E-state index in [0.29, 0.717) is 17.8 Å². The van der Waals surface area contributed by atoms with Gasteiger partial charge in [-0.05, 0) is 38.3 Å². The molecule has 1 amide bonds. The molecule has 7 nitrogen and oxygen atoms in total. The molecule has 27 heavy (non-hydrogen) atoms. The van der Waals surface area contributed by atoms with Crippen LogP contribution in [0.1, 0.15) is 42.0 Å². The van der Waals surface area contributed by atoms with Crippen molar-refractivity contribution in [3.63, 3.8) is 0 Å². The molecule has 1 unspecified atom stereocenters. The van der Waals surface area contributed by atoms with Crippen LogP contribution in [0.25, 0.3) is 5.69 Å². The third-order valence-corrected chi connectivity index (χ3v) is 4.22. The van der Waals surface area contributed by atoms with E-state index < -0.39 is 23.7 Å². The molecule has 7 heteroatoms. The van der Waals surface area contributed by atoms with Gasteiger partial charge < -0.3 is 10.1 Å². The van der Waals surface area contributed by atoms with Crippen LogP contribution in [-0.4, -0.2) is 40.6 Å². The number of aryl methyl sites for hydroxylation is 1. The molecule has 0 spiro atoms. The summed E-state index contributed by atoms with van der Waals surface area (Å²) in [6.45, 7) is 7.25. The molecule has 0 aliphatic carbocycles. The van der Waals surface area contributed by atoms with Crippen LogP contribution in [0.4, 0.5) is 0 Å². The predicted molar refractivity (Wildman–Crippen MR) is 101 cm³/mol. The number of nitrogens with one attached hydrogen (secondary N) is 1. The zero-order chi connectivity index (χ0) is 20.1. The predicted octanol–water partition coefficient (Wildman–Crippen LogP) is 2.38. The number of hydrogen-bond acceptors (Lipinski definition) is 5. The first-order chi connectivity index (χ1) is 12.8. The zero-order valence-electron chi connectivity index (χ0n) is 16.3. The molecule has 144 valence electrons. The number of ether oxygens (including phenoxy) is 1. The van der Waals surface area contributed by atoms with Gasteiger partial charge in [0.2, 0.25) is 0 Å². The van der Waals surface area contributed by atoms with E-state index in [0.717, 1.165) is 5.69 Å². The molecule has 2 rings (SSSR count). The minimum Gasteiger partial charge on any atom is -0.467 e. The molecule has 0 saturated heterocycles. The summed E-state index contributed by atoms with van der Waals surface area (Å²) in [5.74, 6) is -1.98. The highest BCUT2D eigenvalue weighted by molar-refractivity contribution is 6.43. The number of ketones is 1. The van der Waals surface area contributed by atoms with E-state index in [1.54, 1.807) is 18.5 Å². The Labute approximate surface area is 158 Å². The summed E-state index contributed by atoms with van der Waals surface area (Å²) in [7, 11) is 1.25. The number of aromatic nitrogens is 2. The Morgan fingerprint density at radius 2 is 1.78 bits per heavy atom. The number of nitrogens with zero attached hydrogens (tertiary/aromatic N) is 2. The van der Waals surface area contributed by atoms with Crippen LogP contribution < -0.4 is 5.32 Å². The van der Waals surface area contributed by atoms with Crippen LogP contribution in [0.3, 0.4) is 0 Å². The topological polar surface area (TPSA) is 90.3 Å². The number of carbonyl (C=O) groups excluding carboxylic acids is 3. The number of esters is 1. The number of Topliss-reactive ketones (excluding diaryl/α,β-unsaturated/α-hetero) is 1. The first-order valence-corrected chi connectivity index (χ1v) is 8.80. The van der Waals surface area contributed by atoms with Crippen LogP contribution >= 0.6 is 0 Å². The maximum atomic E-state index is 12.7. The van der Waals surface area contributed by atoms with Gasteiger partial charge in [-0.15, -0.1) is 0 Å². The first kappa shape index (κ1) is 20.4. The van der Waals surface area contributed by atoms with Gasteiger partial charge in [-0.3, -0.25) is 9.59 Å². The van der Waals surface area contributed by atoms with E-state index in [1.807, 2.05) is 44.2 Å². The third-order valence-electron chi connectivity index (χ3n) is 4.22. The monoisotopic (exact) mass is 371 g/mol. The number of para-hydroxylation sites is 1. The average molecular weight is 371 g/mol. The standard InChI is InChI=1S/C20H25N3O4/c1-12(2)11-16(20(26)27-5)21-19(25)18(24)17-13(3)22-23(14(17)4)15-9-7-6-8-10-15/h6-10,12,16H,11H2,1-5H3,(H,21,25). The molecule has 1 atom stereocenters. The minimum atomic E-state index is -0.865. The lowest BCUT2D eigenvalue weighted by Crippen LogP contribution is -2.45. The van der Waals surface area contributed by atoms with Crippen LogP contribution in [0, 0.1) is 19.8 Å². The third kappa shape index (κ3) is 4.61. The summed E-state index contributed by atoms with van der Waals surface area (Å²) in [5, 5.41) is 6.89. The molecule has 0 aliphatic rings. The molecule has 0 aliphatic heterocycles. The molecule has 1 heterocycles. The summed E-state index contributed by atoms with van der Waals surface area (Å²) in [4.78, 5) is 37.1. The van der Waals surface area contributed by atoms with Gasteiger partial charge in [0.15, 0.2) is 0 Å². The molecule has 0 fully saturated rings. The van der Waals surface area contributed by atoms with Crippen LogP contribution in [-0.2, 0) is 14.3 Å². The Hall–Kier alpha value is -2.96. The van der Waals surface area contributed by atoms with Crippen molar-refractivity contribution >= 4 is 17.7 Å². The number of amides is 1. The van der Waals surface area contributed by atoms with E-state index in [1.165, 1.54) is 7.11 Å². The molecule has 1 aromatic heterocycles. The van der Waals surface area contributed by atoms with Gasteiger partial charge in [0.25, 0.3) is 11.7 Å². The molecule has 1 aromatic carbocycles. The van der Waals surface area contributed by atoms with Crippen LogP contribution in [0.15, 0.2) is 30.3 Å². The van der Waals surface area contributed by atoms with Gasteiger partial charge in [0, 0.05) is 0 Å². The van der Waals surface area contributed by atoms with Crippen molar-refractivity contribution in [1.82, 2.24) is 15.1 Å². The summed E-state index contributed by atoms with van der Waals surface area (Å²) in [6, 6.07) is 8.49. The highest BCUT2D eigenvalue weighted by atomic mass is 16.5. The minimum absolute atomic E-state index is 0.147. The Bertz CT molecular complexity index is 840. The number of carbonyl (C=O) groups is 3. The first-order valence-electron chi connectivity index (χ1n) is 8.80. The van der Waals surface area contributed by atoms with Crippen LogP contribution in [0.2, 0.25) is 0 Å². The molecule has 0 saturated carbocycles. The largest absolute Gasteiger partial charge is 0.467 e. The van der Waals surface area contributed by atoms with Gasteiger partial charge in [-0.25, -0.2) is 9.48 Å². The van der Waals surface area contributed by atoms with Gasteiger partial charge in [-0.1, -0.05) is 32.0 Å². The SMILES string of the molecule is COC(=O)C(CC(C)C)NC(=O)C(=O)c1c(C)nn(-c2ccccc2)c1C. The highest BCUT2D eigenvalue weighted by Gasteiger charge is 2.29. The number of methoxy groups -OCH3 is 1. The number of rotatable bonds is 7. The van der Waals surface area contributed by atoms with E-state index in [-0.39, 0.29) is 11.5 Å². The van der Waals surface area contributed by atoms with Gasteiger partial charge in [-0.2, -0.15) is 5.10 Å². The second-order valence-electron chi connectivity index (χ2n) is 6.80. The summed E-state index contributed by atoms with van der Waals surface area (Å²) in [5.41, 5.74) is 2.06. The molecular formula is C20H25N3O4. The summed E-state index contributed by atoms with van der Waals surface area (Å²) < 4.78 is 6.35.